The first-order chi connectivity index (χ1) is 18.4. The Balaban J connectivity index is 1.27. The summed E-state index contributed by atoms with van der Waals surface area (Å²) in [7, 11) is 3.68. The van der Waals surface area contributed by atoms with Crippen LogP contribution in [-0.2, 0) is 11.3 Å². The normalized spacial score (nSPS) is 25.8. The molecule has 202 valence electrons. The van der Waals surface area contributed by atoms with Gasteiger partial charge in [-0.05, 0) is 85.9 Å². The van der Waals surface area contributed by atoms with E-state index in [1.165, 1.54) is 53.3 Å². The Bertz CT molecular complexity index is 1300. The number of piperidine rings is 1. The van der Waals surface area contributed by atoms with Gasteiger partial charge in [0, 0.05) is 60.3 Å². The maximum absolute atomic E-state index is 13.1. The van der Waals surface area contributed by atoms with Crippen molar-refractivity contribution in [2.24, 2.45) is 17.3 Å². The fourth-order valence-electron chi connectivity index (χ4n) is 7.40. The topological polar surface area (TPSA) is 57.8 Å². The van der Waals surface area contributed by atoms with Crippen LogP contribution in [0.5, 0.6) is 5.75 Å². The zero-order chi connectivity index (χ0) is 26.4. The smallest absolute Gasteiger partial charge is 0.253 e. The van der Waals surface area contributed by atoms with E-state index in [0.717, 1.165) is 50.1 Å². The molecule has 6 heteroatoms. The van der Waals surface area contributed by atoms with E-state index in [4.69, 9.17) is 9.47 Å². The molecular weight excluding hydrogens is 474 g/mol. The third-order valence-electron chi connectivity index (χ3n) is 9.38. The monoisotopic (exact) mass is 515 g/mol. The number of aromatic amines is 1. The van der Waals surface area contributed by atoms with Gasteiger partial charge in [-0.2, -0.15) is 0 Å². The van der Waals surface area contributed by atoms with Crippen molar-refractivity contribution in [1.29, 1.82) is 0 Å². The number of carbonyl (C=O) groups is 1. The second-order valence-corrected chi connectivity index (χ2v) is 12.3. The number of amides is 1. The lowest BCUT2D eigenvalue weighted by Gasteiger charge is -2.54. The molecule has 1 spiro atoms. The van der Waals surface area contributed by atoms with Crippen LogP contribution in [0.4, 0.5) is 0 Å². The number of nitrogens with one attached hydrogen (secondary N) is 1. The van der Waals surface area contributed by atoms with Gasteiger partial charge in [-0.25, -0.2) is 0 Å². The fourth-order valence-corrected chi connectivity index (χ4v) is 7.40. The third-order valence-corrected chi connectivity index (χ3v) is 9.38. The van der Waals surface area contributed by atoms with Gasteiger partial charge in [-0.15, -0.1) is 0 Å². The van der Waals surface area contributed by atoms with Gasteiger partial charge in [0.25, 0.3) is 5.91 Å². The number of methoxy groups -OCH3 is 1. The molecule has 1 N–H and O–H groups in total. The summed E-state index contributed by atoms with van der Waals surface area (Å²) in [4.78, 5) is 21.0. The lowest BCUT2D eigenvalue weighted by Crippen LogP contribution is -2.47. The Morgan fingerprint density at radius 3 is 2.61 bits per heavy atom. The SMILES string of the molecule is COc1cc(C)c2[nH]ccc2c1CN1CCC2(CC(C)C2)C[C@H]1c1ccc(C(=O)N(C)CC2COC2)cc1. The summed E-state index contributed by atoms with van der Waals surface area (Å²) >= 11 is 0. The maximum atomic E-state index is 13.1. The number of rotatable bonds is 7. The Morgan fingerprint density at radius 2 is 1.95 bits per heavy atom. The first-order valence-corrected chi connectivity index (χ1v) is 14.2. The summed E-state index contributed by atoms with van der Waals surface area (Å²) in [5.74, 6) is 2.35. The molecule has 2 aliphatic heterocycles. The van der Waals surface area contributed by atoms with Gasteiger partial charge in [-0.3, -0.25) is 9.69 Å². The highest BCUT2D eigenvalue weighted by Gasteiger charge is 2.47. The van der Waals surface area contributed by atoms with E-state index in [1.807, 2.05) is 30.3 Å². The van der Waals surface area contributed by atoms with Crippen molar-refractivity contribution in [3.63, 3.8) is 0 Å². The number of carbonyl (C=O) groups excluding carboxylic acids is 1. The molecule has 3 fully saturated rings. The maximum Gasteiger partial charge on any atom is 0.253 e. The van der Waals surface area contributed by atoms with E-state index in [0.29, 0.717) is 17.4 Å². The molecule has 1 saturated carbocycles. The fraction of sp³-hybridized carbons (Fsp3) is 0.531. The Labute approximate surface area is 226 Å². The number of hydrogen-bond donors (Lipinski definition) is 1. The molecule has 38 heavy (non-hydrogen) atoms. The van der Waals surface area contributed by atoms with Crippen LogP contribution in [0.15, 0.2) is 42.6 Å². The summed E-state index contributed by atoms with van der Waals surface area (Å²) in [5, 5.41) is 1.25. The van der Waals surface area contributed by atoms with Gasteiger partial charge in [0.05, 0.1) is 20.3 Å². The van der Waals surface area contributed by atoms with Crippen molar-refractivity contribution in [2.45, 2.75) is 52.1 Å². The molecule has 2 saturated heterocycles. The standard InChI is InChI=1S/C32H41N3O3/c1-21-14-32(15-21)10-12-35(18-27-26-9-11-33-30(26)22(2)13-29(27)37-4)28(16-32)24-5-7-25(8-6-24)31(36)34(3)17-23-19-38-20-23/h5-9,11,13,21,23,28,33H,10,12,14-20H2,1-4H3/t21?,28-,32?/m0/s1. The predicted octanol–water partition coefficient (Wildman–Crippen LogP) is 5.96. The largest absolute Gasteiger partial charge is 0.496 e. The third kappa shape index (κ3) is 4.62. The molecule has 1 amide bonds. The van der Waals surface area contributed by atoms with Crippen LogP contribution in [-0.4, -0.2) is 61.2 Å². The Kier molecular flexibility index (Phi) is 6.73. The molecule has 3 heterocycles. The number of likely N-dealkylation sites (tertiary alicyclic amines) is 1. The number of hydrogen-bond acceptors (Lipinski definition) is 4. The summed E-state index contributed by atoms with van der Waals surface area (Å²) in [6, 6.07) is 13.1. The van der Waals surface area contributed by atoms with E-state index < -0.39 is 0 Å². The summed E-state index contributed by atoms with van der Waals surface area (Å²) in [6.45, 7) is 8.72. The summed E-state index contributed by atoms with van der Waals surface area (Å²) < 4.78 is 11.2. The minimum Gasteiger partial charge on any atom is -0.496 e. The molecule has 3 aromatic rings. The summed E-state index contributed by atoms with van der Waals surface area (Å²) in [6.07, 6.45) is 7.13. The van der Waals surface area contributed by atoms with Crippen molar-refractivity contribution in [3.8, 4) is 5.75 Å². The van der Waals surface area contributed by atoms with E-state index >= 15 is 0 Å². The van der Waals surface area contributed by atoms with Crippen molar-refractivity contribution >= 4 is 16.8 Å². The zero-order valence-electron chi connectivity index (χ0n) is 23.3. The molecule has 0 bridgehead atoms. The van der Waals surface area contributed by atoms with Crippen LogP contribution in [0.25, 0.3) is 10.9 Å². The zero-order valence-corrected chi connectivity index (χ0v) is 23.3. The van der Waals surface area contributed by atoms with Crippen molar-refractivity contribution in [2.75, 3.05) is 40.5 Å². The van der Waals surface area contributed by atoms with E-state index in [1.54, 1.807) is 7.11 Å². The highest BCUT2D eigenvalue weighted by atomic mass is 16.5. The number of aromatic nitrogens is 1. The first-order valence-electron chi connectivity index (χ1n) is 14.2. The molecular formula is C32H41N3O3. The lowest BCUT2D eigenvalue weighted by molar-refractivity contribution is -0.0411. The van der Waals surface area contributed by atoms with Crippen molar-refractivity contribution in [1.82, 2.24) is 14.8 Å². The minimum absolute atomic E-state index is 0.0903. The molecule has 1 atom stereocenters. The highest BCUT2D eigenvalue weighted by Crippen LogP contribution is 2.56. The van der Waals surface area contributed by atoms with Gasteiger partial charge in [0.2, 0.25) is 0 Å². The Morgan fingerprint density at radius 1 is 1.18 bits per heavy atom. The Hall–Kier alpha value is -2.83. The van der Waals surface area contributed by atoms with Crippen LogP contribution < -0.4 is 4.74 Å². The average molecular weight is 516 g/mol. The number of fused-ring (bicyclic) bond motifs is 1. The quantitative estimate of drug-likeness (QED) is 0.422. The van der Waals surface area contributed by atoms with Crippen molar-refractivity contribution in [3.05, 3.63) is 64.8 Å². The first kappa shape index (κ1) is 25.4. The van der Waals surface area contributed by atoms with Crippen LogP contribution >= 0.6 is 0 Å². The molecule has 1 aromatic heterocycles. The molecule has 6 rings (SSSR count). The highest BCUT2D eigenvalue weighted by molar-refractivity contribution is 5.94. The molecule has 3 aliphatic rings. The van der Waals surface area contributed by atoms with Gasteiger partial charge >= 0.3 is 0 Å². The number of ether oxygens (including phenoxy) is 2. The second kappa shape index (κ2) is 10.0. The lowest BCUT2D eigenvalue weighted by atomic mass is 9.56. The van der Waals surface area contributed by atoms with Crippen LogP contribution in [0.2, 0.25) is 0 Å². The van der Waals surface area contributed by atoms with Crippen LogP contribution in [0.1, 0.15) is 65.7 Å². The predicted molar refractivity (Wildman–Crippen MR) is 151 cm³/mol. The minimum atomic E-state index is 0.0903. The average Bonchev–Trinajstić information content (AvgIpc) is 3.38. The van der Waals surface area contributed by atoms with Gasteiger partial charge < -0.3 is 19.4 Å². The van der Waals surface area contributed by atoms with E-state index in [2.05, 4.69) is 48.0 Å². The second-order valence-electron chi connectivity index (χ2n) is 12.3. The molecule has 0 radical (unpaired) electrons. The molecule has 1 aliphatic carbocycles. The molecule has 6 nitrogen and oxygen atoms in total. The van der Waals surface area contributed by atoms with Gasteiger partial charge in [0.15, 0.2) is 0 Å². The number of H-pyrrole nitrogens is 1. The number of benzene rings is 2. The van der Waals surface area contributed by atoms with E-state index in [9.17, 15) is 4.79 Å². The van der Waals surface area contributed by atoms with Gasteiger partial charge in [-0.1, -0.05) is 19.1 Å². The van der Waals surface area contributed by atoms with Crippen LogP contribution in [0, 0.1) is 24.2 Å². The number of aryl methyl sites for hydroxylation is 1. The van der Waals surface area contributed by atoms with Gasteiger partial charge in [0.1, 0.15) is 5.75 Å². The van der Waals surface area contributed by atoms with E-state index in [-0.39, 0.29) is 5.91 Å². The molecule has 2 aromatic carbocycles. The number of nitrogens with zero attached hydrogens (tertiary/aromatic N) is 2. The van der Waals surface area contributed by atoms with Crippen LogP contribution in [0.3, 0.4) is 0 Å². The molecule has 0 unspecified atom stereocenters. The summed E-state index contributed by atoms with van der Waals surface area (Å²) in [5.41, 5.74) is 6.19. The van der Waals surface area contributed by atoms with Crippen molar-refractivity contribution < 1.29 is 14.3 Å².